The van der Waals surface area contributed by atoms with Crippen molar-refractivity contribution in [2.45, 2.75) is 61.4 Å². The van der Waals surface area contributed by atoms with E-state index < -0.39 is 15.9 Å². The molecular weight excluding hydrogens is 446 g/mol. The molecule has 6 rings (SSSR count). The van der Waals surface area contributed by atoms with E-state index in [1.54, 1.807) is 33.6 Å². The standard InChI is InChI=1S/C24H26F2N4O2S/c25-24(26)10-12-29(15-24)23-9-8-18(33(31,32)30-16-3-1-4-17(30)7-6-16)13-19(23)21-14-22-20(28-21)5-2-11-27-22/h2,5,8-9,11,13-14,16-17,28H,1,3-4,6-7,10,12,15H2. The number of aromatic amines is 1. The molecule has 1 aromatic carbocycles. The molecule has 3 fully saturated rings. The van der Waals surface area contributed by atoms with E-state index in [1.807, 2.05) is 18.2 Å². The highest BCUT2D eigenvalue weighted by atomic mass is 32.2. The molecule has 3 aliphatic heterocycles. The van der Waals surface area contributed by atoms with Gasteiger partial charge in [0.1, 0.15) is 0 Å². The molecule has 174 valence electrons. The number of benzene rings is 1. The lowest BCUT2D eigenvalue weighted by Gasteiger charge is -2.34. The molecule has 0 aliphatic carbocycles. The van der Waals surface area contributed by atoms with Crippen LogP contribution in [-0.2, 0) is 10.0 Å². The summed E-state index contributed by atoms with van der Waals surface area (Å²) in [7, 11) is -3.68. The highest BCUT2D eigenvalue weighted by molar-refractivity contribution is 7.89. The van der Waals surface area contributed by atoms with Gasteiger partial charge in [-0.1, -0.05) is 6.42 Å². The first kappa shape index (κ1) is 21.0. The zero-order valence-electron chi connectivity index (χ0n) is 18.2. The Morgan fingerprint density at radius 3 is 2.55 bits per heavy atom. The van der Waals surface area contributed by atoms with E-state index in [-0.39, 0.29) is 36.5 Å². The summed E-state index contributed by atoms with van der Waals surface area (Å²) in [6.45, 7) is -0.151. The van der Waals surface area contributed by atoms with Crippen molar-refractivity contribution in [3.63, 3.8) is 0 Å². The van der Waals surface area contributed by atoms with E-state index in [2.05, 4.69) is 9.97 Å². The van der Waals surface area contributed by atoms with Crippen molar-refractivity contribution in [1.29, 1.82) is 0 Å². The number of H-pyrrole nitrogens is 1. The number of anilines is 1. The van der Waals surface area contributed by atoms with Gasteiger partial charge in [-0.3, -0.25) is 4.98 Å². The van der Waals surface area contributed by atoms with E-state index in [1.165, 1.54) is 0 Å². The Balaban J connectivity index is 1.47. The average molecular weight is 473 g/mol. The second-order valence-corrected chi connectivity index (χ2v) is 11.3. The Kier molecular flexibility index (Phi) is 4.78. The number of alkyl halides is 2. The SMILES string of the molecule is O=S(=O)(c1ccc(N2CCC(F)(F)C2)c(-c2cc3ncccc3[nH]2)c1)N1C2CCCC1CC2. The number of sulfonamides is 1. The van der Waals surface area contributed by atoms with Crippen molar-refractivity contribution in [3.8, 4) is 11.3 Å². The lowest BCUT2D eigenvalue weighted by Crippen LogP contribution is -2.43. The second kappa shape index (κ2) is 7.50. The van der Waals surface area contributed by atoms with Crippen LogP contribution in [0.3, 0.4) is 0 Å². The summed E-state index contributed by atoms with van der Waals surface area (Å²) < 4.78 is 57.2. The Labute approximate surface area is 191 Å². The molecule has 3 aliphatic rings. The molecule has 0 spiro atoms. The second-order valence-electron chi connectivity index (χ2n) is 9.48. The van der Waals surface area contributed by atoms with Gasteiger partial charge < -0.3 is 9.88 Å². The van der Waals surface area contributed by atoms with Gasteiger partial charge in [-0.2, -0.15) is 4.31 Å². The lowest BCUT2D eigenvalue weighted by molar-refractivity contribution is 0.0257. The summed E-state index contributed by atoms with van der Waals surface area (Å²) in [6.07, 6.45) is 6.16. The number of halogens is 2. The number of rotatable bonds is 4. The van der Waals surface area contributed by atoms with Crippen LogP contribution in [-0.4, -0.2) is 53.8 Å². The first-order valence-corrected chi connectivity index (χ1v) is 13.0. The maximum Gasteiger partial charge on any atom is 0.266 e. The van der Waals surface area contributed by atoms with Gasteiger partial charge in [0.15, 0.2) is 0 Å². The minimum Gasteiger partial charge on any atom is -0.365 e. The van der Waals surface area contributed by atoms with Gasteiger partial charge in [-0.15, -0.1) is 0 Å². The number of nitrogens with zero attached hydrogens (tertiary/aromatic N) is 3. The minimum atomic E-state index is -3.68. The van der Waals surface area contributed by atoms with Crippen LogP contribution in [0.2, 0.25) is 0 Å². The fourth-order valence-corrected chi connectivity index (χ4v) is 7.75. The third-order valence-electron chi connectivity index (χ3n) is 7.36. The monoisotopic (exact) mass is 472 g/mol. The van der Waals surface area contributed by atoms with E-state index in [0.717, 1.165) is 43.1 Å². The number of pyridine rings is 1. The van der Waals surface area contributed by atoms with Crippen LogP contribution < -0.4 is 4.90 Å². The Morgan fingerprint density at radius 1 is 1.06 bits per heavy atom. The number of nitrogens with one attached hydrogen (secondary N) is 1. The topological polar surface area (TPSA) is 69.3 Å². The van der Waals surface area contributed by atoms with Crippen molar-refractivity contribution in [1.82, 2.24) is 14.3 Å². The molecule has 5 heterocycles. The molecule has 2 aromatic heterocycles. The molecule has 3 saturated heterocycles. The molecule has 0 saturated carbocycles. The van der Waals surface area contributed by atoms with Gasteiger partial charge in [0.2, 0.25) is 10.0 Å². The molecule has 9 heteroatoms. The Morgan fingerprint density at radius 2 is 1.85 bits per heavy atom. The van der Waals surface area contributed by atoms with Crippen LogP contribution in [0.5, 0.6) is 0 Å². The van der Waals surface area contributed by atoms with E-state index in [9.17, 15) is 17.2 Å². The third kappa shape index (κ3) is 3.52. The summed E-state index contributed by atoms with van der Waals surface area (Å²) in [5.41, 5.74) is 3.45. The number of hydrogen-bond acceptors (Lipinski definition) is 4. The van der Waals surface area contributed by atoms with Crippen molar-refractivity contribution in [2.75, 3.05) is 18.0 Å². The van der Waals surface area contributed by atoms with Gasteiger partial charge in [0.05, 0.1) is 28.2 Å². The maximum atomic E-state index is 14.0. The number of aromatic nitrogens is 2. The molecule has 3 aromatic rings. The molecule has 0 amide bonds. The van der Waals surface area contributed by atoms with Crippen LogP contribution in [0.15, 0.2) is 47.5 Å². The molecule has 0 radical (unpaired) electrons. The smallest absolute Gasteiger partial charge is 0.266 e. The van der Waals surface area contributed by atoms with Crippen LogP contribution in [0.4, 0.5) is 14.5 Å². The Hall–Kier alpha value is -2.52. The fraction of sp³-hybridized carbons (Fsp3) is 0.458. The number of fused-ring (bicyclic) bond motifs is 3. The molecule has 6 nitrogen and oxygen atoms in total. The van der Waals surface area contributed by atoms with Crippen LogP contribution in [0.1, 0.15) is 38.5 Å². The summed E-state index contributed by atoms with van der Waals surface area (Å²) in [5.74, 6) is -2.75. The van der Waals surface area contributed by atoms with Crippen LogP contribution in [0, 0.1) is 0 Å². The minimum absolute atomic E-state index is 0.0615. The van der Waals surface area contributed by atoms with Gasteiger partial charge in [0, 0.05) is 42.5 Å². The molecular formula is C24H26F2N4O2S. The van der Waals surface area contributed by atoms with Crippen LogP contribution >= 0.6 is 0 Å². The molecule has 1 N–H and O–H groups in total. The first-order valence-electron chi connectivity index (χ1n) is 11.6. The van der Waals surface area contributed by atoms with Gasteiger partial charge in [-0.25, -0.2) is 17.2 Å². The Bertz CT molecular complexity index is 1270. The molecule has 2 bridgehead atoms. The summed E-state index contributed by atoms with van der Waals surface area (Å²) in [4.78, 5) is 9.53. The molecule has 2 atom stereocenters. The maximum absolute atomic E-state index is 14.0. The number of hydrogen-bond donors (Lipinski definition) is 1. The average Bonchev–Trinajstić information content (AvgIpc) is 3.46. The van der Waals surface area contributed by atoms with Crippen LogP contribution in [0.25, 0.3) is 22.3 Å². The zero-order valence-corrected chi connectivity index (χ0v) is 19.0. The fourth-order valence-electron chi connectivity index (χ4n) is 5.79. The number of piperidine rings is 1. The highest BCUT2D eigenvalue weighted by Gasteiger charge is 2.44. The molecule has 33 heavy (non-hydrogen) atoms. The highest BCUT2D eigenvalue weighted by Crippen LogP contribution is 2.42. The first-order chi connectivity index (χ1) is 15.8. The van der Waals surface area contributed by atoms with Crippen molar-refractivity contribution >= 4 is 26.7 Å². The van der Waals surface area contributed by atoms with Gasteiger partial charge >= 0.3 is 0 Å². The van der Waals surface area contributed by atoms with Gasteiger partial charge in [-0.05, 0) is 62.1 Å². The zero-order chi connectivity index (χ0) is 22.8. The van der Waals surface area contributed by atoms with Crippen molar-refractivity contribution < 1.29 is 17.2 Å². The van der Waals surface area contributed by atoms with Crippen molar-refractivity contribution in [3.05, 3.63) is 42.6 Å². The van der Waals surface area contributed by atoms with E-state index in [4.69, 9.17) is 0 Å². The molecule has 2 unspecified atom stereocenters. The lowest BCUT2D eigenvalue weighted by atomic mass is 10.1. The predicted molar refractivity (Wildman–Crippen MR) is 123 cm³/mol. The summed E-state index contributed by atoms with van der Waals surface area (Å²) >= 11 is 0. The summed E-state index contributed by atoms with van der Waals surface area (Å²) in [5, 5.41) is 0. The quantitative estimate of drug-likeness (QED) is 0.593. The van der Waals surface area contributed by atoms with E-state index >= 15 is 0 Å². The normalized spacial score (nSPS) is 25.2. The van der Waals surface area contributed by atoms with E-state index in [0.29, 0.717) is 16.9 Å². The third-order valence-corrected chi connectivity index (χ3v) is 9.36. The summed E-state index contributed by atoms with van der Waals surface area (Å²) in [6, 6.07) is 10.6. The largest absolute Gasteiger partial charge is 0.365 e. The van der Waals surface area contributed by atoms with Crippen molar-refractivity contribution in [2.24, 2.45) is 0 Å². The predicted octanol–water partition coefficient (Wildman–Crippen LogP) is 4.78. The van der Waals surface area contributed by atoms with Gasteiger partial charge in [0.25, 0.3) is 5.92 Å².